The topological polar surface area (TPSA) is 87.3 Å². The fourth-order valence-electron chi connectivity index (χ4n) is 2.40. The van der Waals surface area contributed by atoms with Gasteiger partial charge in [-0.1, -0.05) is 49.7 Å². The molecule has 1 unspecified atom stereocenters. The number of nitrogens with one attached hydrogen (secondary N) is 3. The molecule has 0 radical (unpaired) electrons. The third-order valence-corrected chi connectivity index (χ3v) is 3.85. The summed E-state index contributed by atoms with van der Waals surface area (Å²) in [5.74, 6) is -1.40. The van der Waals surface area contributed by atoms with Gasteiger partial charge < -0.3 is 5.32 Å². The van der Waals surface area contributed by atoms with Crippen molar-refractivity contribution in [2.24, 2.45) is 5.92 Å². The molecule has 0 aliphatic rings. The van der Waals surface area contributed by atoms with Gasteiger partial charge in [0, 0.05) is 11.1 Å². The second-order valence-corrected chi connectivity index (χ2v) is 6.37. The summed E-state index contributed by atoms with van der Waals surface area (Å²) in [4.78, 5) is 36.8. The van der Waals surface area contributed by atoms with Crippen molar-refractivity contribution in [1.82, 2.24) is 16.2 Å². The van der Waals surface area contributed by atoms with Crippen LogP contribution in [0.1, 0.15) is 40.1 Å². The fraction of sp³-hybridized carbons (Fsp3) is 0.250. The van der Waals surface area contributed by atoms with Gasteiger partial charge in [-0.3, -0.25) is 25.2 Å². The smallest absolute Gasteiger partial charge is 0.269 e. The van der Waals surface area contributed by atoms with E-state index in [2.05, 4.69) is 16.2 Å². The number of aryl methyl sites for hydroxylation is 1. The van der Waals surface area contributed by atoms with E-state index in [0.717, 1.165) is 5.56 Å². The van der Waals surface area contributed by atoms with Gasteiger partial charge in [-0.05, 0) is 37.1 Å². The molecule has 136 valence electrons. The summed E-state index contributed by atoms with van der Waals surface area (Å²) in [6, 6.07) is 14.9. The highest BCUT2D eigenvalue weighted by Crippen LogP contribution is 2.07. The number of amides is 3. The molecule has 2 aromatic carbocycles. The molecule has 0 aromatic heterocycles. The van der Waals surface area contributed by atoms with Gasteiger partial charge in [0.05, 0.1) is 0 Å². The first-order valence-corrected chi connectivity index (χ1v) is 8.41. The molecule has 6 nitrogen and oxygen atoms in total. The van der Waals surface area contributed by atoms with Crippen molar-refractivity contribution in [3.05, 3.63) is 71.3 Å². The number of carbonyl (C=O) groups excluding carboxylic acids is 3. The van der Waals surface area contributed by atoms with Gasteiger partial charge in [-0.15, -0.1) is 0 Å². The molecule has 0 saturated heterocycles. The predicted octanol–water partition coefficient (Wildman–Crippen LogP) is 2.21. The van der Waals surface area contributed by atoms with Gasteiger partial charge in [0.1, 0.15) is 6.04 Å². The molecular formula is C20H23N3O3. The van der Waals surface area contributed by atoms with Crippen LogP contribution in [0.15, 0.2) is 54.6 Å². The van der Waals surface area contributed by atoms with Crippen LogP contribution in [0.3, 0.4) is 0 Å². The first-order valence-electron chi connectivity index (χ1n) is 8.41. The van der Waals surface area contributed by atoms with Crippen molar-refractivity contribution in [2.45, 2.75) is 26.8 Å². The van der Waals surface area contributed by atoms with Crippen LogP contribution < -0.4 is 16.2 Å². The predicted molar refractivity (Wildman–Crippen MR) is 99.3 cm³/mol. The number of benzene rings is 2. The maximum atomic E-state index is 12.4. The minimum absolute atomic E-state index is 0.155. The van der Waals surface area contributed by atoms with Gasteiger partial charge in [0.15, 0.2) is 0 Å². The molecule has 0 aliphatic heterocycles. The number of carbonyl (C=O) groups is 3. The molecule has 26 heavy (non-hydrogen) atoms. The van der Waals surface area contributed by atoms with E-state index < -0.39 is 17.9 Å². The van der Waals surface area contributed by atoms with E-state index in [1.54, 1.807) is 48.5 Å². The summed E-state index contributed by atoms with van der Waals surface area (Å²) in [5.41, 5.74) is 6.61. The summed E-state index contributed by atoms with van der Waals surface area (Å²) >= 11 is 0. The summed E-state index contributed by atoms with van der Waals surface area (Å²) in [6.45, 7) is 5.53. The van der Waals surface area contributed by atoms with Crippen molar-refractivity contribution in [2.75, 3.05) is 0 Å². The molecule has 0 bridgehead atoms. The average Bonchev–Trinajstić information content (AvgIpc) is 2.64. The molecule has 0 fully saturated rings. The molecular weight excluding hydrogens is 330 g/mol. The van der Waals surface area contributed by atoms with Gasteiger partial charge in [0.2, 0.25) is 0 Å². The average molecular weight is 353 g/mol. The highest BCUT2D eigenvalue weighted by atomic mass is 16.2. The first-order chi connectivity index (χ1) is 12.4. The van der Waals surface area contributed by atoms with E-state index in [9.17, 15) is 14.4 Å². The van der Waals surface area contributed by atoms with Crippen LogP contribution in [-0.2, 0) is 4.79 Å². The number of hydrazine groups is 1. The summed E-state index contributed by atoms with van der Waals surface area (Å²) in [7, 11) is 0. The fourth-order valence-corrected chi connectivity index (χ4v) is 2.40. The Labute approximate surface area is 153 Å². The molecule has 3 amide bonds. The van der Waals surface area contributed by atoms with E-state index >= 15 is 0 Å². The van der Waals surface area contributed by atoms with E-state index in [1.807, 2.05) is 26.8 Å². The Morgan fingerprint density at radius 2 is 1.46 bits per heavy atom. The van der Waals surface area contributed by atoms with Crippen molar-refractivity contribution in [3.63, 3.8) is 0 Å². The van der Waals surface area contributed by atoms with Crippen LogP contribution in [0.25, 0.3) is 0 Å². The quantitative estimate of drug-likeness (QED) is 0.720. The lowest BCUT2D eigenvalue weighted by Crippen LogP contribution is -2.54. The SMILES string of the molecule is Cc1cccc(C(=O)NC(C(=O)NNC(=O)c2ccccc2)C(C)C)c1. The Kier molecular flexibility index (Phi) is 6.49. The Hall–Kier alpha value is -3.15. The largest absolute Gasteiger partial charge is 0.340 e. The summed E-state index contributed by atoms with van der Waals surface area (Å²) < 4.78 is 0. The van der Waals surface area contributed by atoms with Crippen molar-refractivity contribution in [3.8, 4) is 0 Å². The monoisotopic (exact) mass is 353 g/mol. The summed E-state index contributed by atoms with van der Waals surface area (Å²) in [6.07, 6.45) is 0. The lowest BCUT2D eigenvalue weighted by atomic mass is 10.0. The molecule has 3 N–H and O–H groups in total. The van der Waals surface area contributed by atoms with Crippen LogP contribution >= 0.6 is 0 Å². The minimum atomic E-state index is -0.779. The van der Waals surface area contributed by atoms with Crippen LogP contribution in [0.4, 0.5) is 0 Å². The standard InChI is InChI=1S/C20H23N3O3/c1-13(2)17(21-18(24)16-11-7-8-14(3)12-16)20(26)23-22-19(25)15-9-5-4-6-10-15/h4-13,17H,1-3H3,(H,21,24)(H,22,25)(H,23,26). The molecule has 0 aliphatic carbocycles. The zero-order chi connectivity index (χ0) is 19.1. The molecule has 2 aromatic rings. The zero-order valence-corrected chi connectivity index (χ0v) is 15.1. The van der Waals surface area contributed by atoms with Gasteiger partial charge in [-0.25, -0.2) is 0 Å². The Bertz CT molecular complexity index is 788. The normalized spacial score (nSPS) is 11.5. The second kappa shape index (κ2) is 8.80. The maximum Gasteiger partial charge on any atom is 0.269 e. The lowest BCUT2D eigenvalue weighted by molar-refractivity contribution is -0.124. The van der Waals surface area contributed by atoms with Crippen molar-refractivity contribution < 1.29 is 14.4 Å². The Morgan fingerprint density at radius 3 is 2.08 bits per heavy atom. The Morgan fingerprint density at radius 1 is 0.808 bits per heavy atom. The molecule has 2 rings (SSSR count). The van der Waals surface area contributed by atoms with E-state index in [0.29, 0.717) is 11.1 Å². The molecule has 0 saturated carbocycles. The number of rotatable bonds is 5. The lowest BCUT2D eigenvalue weighted by Gasteiger charge is -2.22. The van der Waals surface area contributed by atoms with Crippen molar-refractivity contribution in [1.29, 1.82) is 0 Å². The van der Waals surface area contributed by atoms with E-state index in [4.69, 9.17) is 0 Å². The van der Waals surface area contributed by atoms with Crippen LogP contribution in [0.2, 0.25) is 0 Å². The molecule has 0 spiro atoms. The second-order valence-electron chi connectivity index (χ2n) is 6.37. The first kappa shape index (κ1) is 19.2. The van der Waals surface area contributed by atoms with Crippen molar-refractivity contribution >= 4 is 17.7 Å². The summed E-state index contributed by atoms with van der Waals surface area (Å²) in [5, 5.41) is 2.72. The molecule has 0 heterocycles. The minimum Gasteiger partial charge on any atom is -0.340 e. The number of hydrogen-bond acceptors (Lipinski definition) is 3. The highest BCUT2D eigenvalue weighted by molar-refractivity contribution is 5.99. The third kappa shape index (κ3) is 5.17. The molecule has 6 heteroatoms. The van der Waals surface area contributed by atoms with Crippen LogP contribution in [0.5, 0.6) is 0 Å². The van der Waals surface area contributed by atoms with Gasteiger partial charge >= 0.3 is 0 Å². The third-order valence-electron chi connectivity index (χ3n) is 3.85. The van der Waals surface area contributed by atoms with E-state index in [1.165, 1.54) is 0 Å². The Balaban J connectivity index is 1.99. The highest BCUT2D eigenvalue weighted by Gasteiger charge is 2.25. The van der Waals surface area contributed by atoms with Gasteiger partial charge in [-0.2, -0.15) is 0 Å². The van der Waals surface area contributed by atoms with Crippen LogP contribution in [-0.4, -0.2) is 23.8 Å². The number of hydrogen-bond donors (Lipinski definition) is 3. The maximum absolute atomic E-state index is 12.4. The van der Waals surface area contributed by atoms with Gasteiger partial charge in [0.25, 0.3) is 17.7 Å². The molecule has 1 atom stereocenters. The zero-order valence-electron chi connectivity index (χ0n) is 15.1. The van der Waals surface area contributed by atoms with E-state index in [-0.39, 0.29) is 11.8 Å². The van der Waals surface area contributed by atoms with Crippen LogP contribution in [0, 0.1) is 12.8 Å².